The number of carbonyl (C=O) groups excluding carboxylic acids is 1. The van der Waals surface area contributed by atoms with Crippen molar-refractivity contribution in [1.82, 2.24) is 15.0 Å². The molecule has 6 nitrogen and oxygen atoms in total. The summed E-state index contributed by atoms with van der Waals surface area (Å²) in [5, 5.41) is 3.77. The average molecular weight is 391 g/mol. The number of thiazole rings is 1. The summed E-state index contributed by atoms with van der Waals surface area (Å²) in [6, 6.07) is 0. The molecule has 1 amide bonds. The Bertz CT molecular complexity index is 866. The smallest absolute Gasteiger partial charge is 0.254 e. The quantitative estimate of drug-likeness (QED) is 0.619. The van der Waals surface area contributed by atoms with Crippen LogP contribution in [0.15, 0.2) is 9.95 Å². The second-order valence-corrected chi connectivity index (χ2v) is 9.26. The zero-order valence-corrected chi connectivity index (χ0v) is 16.4. The lowest BCUT2D eigenvalue weighted by Gasteiger charge is -2.15. The van der Waals surface area contributed by atoms with Gasteiger partial charge in [0.1, 0.15) is 0 Å². The number of nitrogens with one attached hydrogen (secondary N) is 2. The number of carbonyl (C=O) groups is 1. The third kappa shape index (κ3) is 3.71. The minimum absolute atomic E-state index is 0.0580. The molecule has 2 aromatic rings. The van der Waals surface area contributed by atoms with Crippen molar-refractivity contribution < 1.29 is 4.79 Å². The van der Waals surface area contributed by atoms with E-state index in [0.717, 1.165) is 55.5 Å². The molecule has 2 aromatic heterocycles. The molecular formula is C18H22N4O2S2. The standard InChI is InChI=1S/C18H22N4O2S2/c1-10(15(23)21-18-20-13-8-4-5-9-14(13)26-18)25-17-19-12-7-3-2-6-11(12)16(24)22-17/h10H,2-9H2,1H3,(H,19,22,24)(H,20,21,23)/t10-/m1/s1. The van der Waals surface area contributed by atoms with Crippen LogP contribution in [-0.2, 0) is 30.5 Å². The van der Waals surface area contributed by atoms with E-state index in [9.17, 15) is 9.59 Å². The largest absolute Gasteiger partial charge is 0.301 e. The SMILES string of the molecule is C[C@@H](Sc1nc2c(c(=O)[nH]1)CCCC2)C(=O)Nc1nc2c(s1)CCCC2. The van der Waals surface area contributed by atoms with E-state index in [2.05, 4.69) is 20.3 Å². The summed E-state index contributed by atoms with van der Waals surface area (Å²) in [4.78, 5) is 38.0. The molecule has 0 aromatic carbocycles. The fraction of sp³-hybridized carbons (Fsp3) is 0.556. The number of nitrogens with zero attached hydrogens (tertiary/aromatic N) is 2. The van der Waals surface area contributed by atoms with Gasteiger partial charge in [0.15, 0.2) is 10.3 Å². The summed E-state index contributed by atoms with van der Waals surface area (Å²) >= 11 is 2.87. The number of anilines is 1. The fourth-order valence-corrected chi connectivity index (χ4v) is 5.34. The minimum atomic E-state index is -0.360. The second kappa shape index (κ2) is 7.52. The van der Waals surface area contributed by atoms with E-state index >= 15 is 0 Å². The van der Waals surface area contributed by atoms with Crippen molar-refractivity contribution in [3.8, 4) is 0 Å². The predicted octanol–water partition coefficient (Wildman–Crippen LogP) is 3.10. The maximum Gasteiger partial charge on any atom is 0.254 e. The number of aromatic amines is 1. The number of rotatable bonds is 4. The molecule has 2 aliphatic carbocycles. The van der Waals surface area contributed by atoms with Crippen LogP contribution in [0.2, 0.25) is 0 Å². The normalized spacial score (nSPS) is 17.3. The Balaban J connectivity index is 1.43. The van der Waals surface area contributed by atoms with Crippen LogP contribution in [0.25, 0.3) is 0 Å². The van der Waals surface area contributed by atoms with Gasteiger partial charge in [-0.15, -0.1) is 11.3 Å². The molecule has 1 atom stereocenters. The number of fused-ring (bicyclic) bond motifs is 2. The summed E-state index contributed by atoms with van der Waals surface area (Å²) in [5.41, 5.74) is 2.78. The molecule has 8 heteroatoms. The first-order valence-electron chi connectivity index (χ1n) is 9.18. The van der Waals surface area contributed by atoms with Crippen LogP contribution in [-0.4, -0.2) is 26.1 Å². The molecule has 0 saturated carbocycles. The van der Waals surface area contributed by atoms with Crippen molar-refractivity contribution in [3.05, 3.63) is 32.2 Å². The highest BCUT2D eigenvalue weighted by molar-refractivity contribution is 8.00. The van der Waals surface area contributed by atoms with Crippen molar-refractivity contribution in [2.45, 2.75) is 68.7 Å². The Labute approximate surface area is 160 Å². The lowest BCUT2D eigenvalue weighted by molar-refractivity contribution is -0.115. The van der Waals surface area contributed by atoms with E-state index in [-0.39, 0.29) is 16.7 Å². The molecule has 2 heterocycles. The zero-order chi connectivity index (χ0) is 18.1. The highest BCUT2D eigenvalue weighted by Crippen LogP contribution is 2.30. The summed E-state index contributed by atoms with van der Waals surface area (Å²) < 4.78 is 0. The molecular weight excluding hydrogens is 368 g/mol. The summed E-state index contributed by atoms with van der Waals surface area (Å²) in [6.07, 6.45) is 8.20. The van der Waals surface area contributed by atoms with Gasteiger partial charge in [0.05, 0.1) is 16.6 Å². The minimum Gasteiger partial charge on any atom is -0.301 e. The molecule has 138 valence electrons. The Morgan fingerprint density at radius 1 is 1.12 bits per heavy atom. The molecule has 4 rings (SSSR count). The van der Waals surface area contributed by atoms with Crippen molar-refractivity contribution in [1.29, 1.82) is 0 Å². The van der Waals surface area contributed by atoms with E-state index in [1.807, 2.05) is 6.92 Å². The monoisotopic (exact) mass is 390 g/mol. The van der Waals surface area contributed by atoms with Gasteiger partial charge >= 0.3 is 0 Å². The van der Waals surface area contributed by atoms with Gasteiger partial charge in [0.2, 0.25) is 5.91 Å². The number of thioether (sulfide) groups is 1. The number of aromatic nitrogens is 3. The van der Waals surface area contributed by atoms with E-state index in [1.54, 1.807) is 11.3 Å². The van der Waals surface area contributed by atoms with Crippen LogP contribution in [0, 0.1) is 0 Å². The molecule has 0 bridgehead atoms. The van der Waals surface area contributed by atoms with Crippen molar-refractivity contribution >= 4 is 34.1 Å². The first kappa shape index (κ1) is 17.7. The highest BCUT2D eigenvalue weighted by Gasteiger charge is 2.22. The maximum absolute atomic E-state index is 12.5. The van der Waals surface area contributed by atoms with Gasteiger partial charge in [0, 0.05) is 10.4 Å². The Hall–Kier alpha value is -1.67. The van der Waals surface area contributed by atoms with Gasteiger partial charge in [0.25, 0.3) is 5.56 Å². The Kier molecular flexibility index (Phi) is 5.13. The third-order valence-electron chi connectivity index (χ3n) is 4.90. The van der Waals surface area contributed by atoms with Gasteiger partial charge < -0.3 is 10.3 Å². The van der Waals surface area contributed by atoms with Crippen LogP contribution < -0.4 is 10.9 Å². The summed E-state index contributed by atoms with van der Waals surface area (Å²) in [6.45, 7) is 1.83. The molecule has 0 fully saturated rings. The third-order valence-corrected chi connectivity index (χ3v) is 6.96. The number of amides is 1. The van der Waals surface area contributed by atoms with Crippen LogP contribution in [0.1, 0.15) is 54.4 Å². The number of hydrogen-bond donors (Lipinski definition) is 2. The van der Waals surface area contributed by atoms with Gasteiger partial charge in [-0.05, 0) is 58.3 Å². The molecule has 0 spiro atoms. The van der Waals surface area contributed by atoms with Crippen molar-refractivity contribution in [2.75, 3.05) is 5.32 Å². The summed E-state index contributed by atoms with van der Waals surface area (Å²) in [7, 11) is 0. The topological polar surface area (TPSA) is 87.7 Å². The Morgan fingerprint density at radius 3 is 2.65 bits per heavy atom. The van der Waals surface area contributed by atoms with E-state index < -0.39 is 0 Å². The lowest BCUT2D eigenvalue weighted by Crippen LogP contribution is -2.25. The van der Waals surface area contributed by atoms with Crippen molar-refractivity contribution in [2.24, 2.45) is 0 Å². The first-order valence-corrected chi connectivity index (χ1v) is 10.9. The molecule has 26 heavy (non-hydrogen) atoms. The molecule has 0 radical (unpaired) electrons. The molecule has 0 saturated heterocycles. The Morgan fingerprint density at radius 2 is 1.85 bits per heavy atom. The maximum atomic E-state index is 12.5. The fourth-order valence-electron chi connectivity index (χ4n) is 3.47. The van der Waals surface area contributed by atoms with Crippen LogP contribution in [0.3, 0.4) is 0 Å². The van der Waals surface area contributed by atoms with E-state index in [0.29, 0.717) is 10.3 Å². The molecule has 2 N–H and O–H groups in total. The first-order chi connectivity index (χ1) is 12.6. The van der Waals surface area contributed by atoms with Gasteiger partial charge in [-0.25, -0.2) is 9.97 Å². The van der Waals surface area contributed by atoms with Gasteiger partial charge in [-0.2, -0.15) is 0 Å². The molecule has 2 aliphatic rings. The van der Waals surface area contributed by atoms with Crippen LogP contribution >= 0.6 is 23.1 Å². The lowest BCUT2D eigenvalue weighted by atomic mass is 9.97. The zero-order valence-electron chi connectivity index (χ0n) is 14.8. The van der Waals surface area contributed by atoms with Gasteiger partial charge in [-0.1, -0.05) is 11.8 Å². The summed E-state index contributed by atoms with van der Waals surface area (Å²) in [5.74, 6) is -0.110. The molecule has 0 unspecified atom stereocenters. The van der Waals surface area contributed by atoms with Gasteiger partial charge in [-0.3, -0.25) is 9.59 Å². The number of H-pyrrole nitrogens is 1. The van der Waals surface area contributed by atoms with E-state index in [4.69, 9.17) is 0 Å². The second-order valence-electron chi connectivity index (χ2n) is 6.85. The highest BCUT2D eigenvalue weighted by atomic mass is 32.2. The van der Waals surface area contributed by atoms with Crippen LogP contribution in [0.5, 0.6) is 0 Å². The number of aryl methyl sites for hydroxylation is 3. The predicted molar refractivity (Wildman–Crippen MR) is 104 cm³/mol. The molecule has 0 aliphatic heterocycles. The van der Waals surface area contributed by atoms with Crippen molar-refractivity contribution in [3.63, 3.8) is 0 Å². The van der Waals surface area contributed by atoms with Crippen LogP contribution in [0.4, 0.5) is 5.13 Å². The average Bonchev–Trinajstić information content (AvgIpc) is 3.04. The number of hydrogen-bond acceptors (Lipinski definition) is 6. The van der Waals surface area contributed by atoms with E-state index in [1.165, 1.54) is 29.5 Å².